The zero-order valence-corrected chi connectivity index (χ0v) is 12.2. The standard InChI is InChI=1S/C15H20FN3O2/c1-3-10(2)17-15(21)18-12-8-14(20)19(9-12)13-6-4-11(16)5-7-13/h4-7,10,12H,3,8-9H2,1-2H3,(H2,17,18,21). The van der Waals surface area contributed by atoms with Gasteiger partial charge < -0.3 is 15.5 Å². The molecule has 0 saturated carbocycles. The SMILES string of the molecule is CCC(C)NC(=O)NC1CC(=O)N(c2ccc(F)cc2)C1. The molecule has 1 fully saturated rings. The molecule has 1 aliphatic heterocycles. The molecule has 3 amide bonds. The van der Waals surface area contributed by atoms with Crippen molar-refractivity contribution in [2.45, 2.75) is 38.8 Å². The third-order valence-electron chi connectivity index (χ3n) is 3.59. The van der Waals surface area contributed by atoms with Crippen molar-refractivity contribution in [3.63, 3.8) is 0 Å². The highest BCUT2D eigenvalue weighted by atomic mass is 19.1. The van der Waals surface area contributed by atoms with Crippen LogP contribution in [0.1, 0.15) is 26.7 Å². The molecule has 0 bridgehead atoms. The van der Waals surface area contributed by atoms with Crippen molar-refractivity contribution < 1.29 is 14.0 Å². The highest BCUT2D eigenvalue weighted by Crippen LogP contribution is 2.21. The van der Waals surface area contributed by atoms with Gasteiger partial charge in [-0.15, -0.1) is 0 Å². The number of nitrogens with one attached hydrogen (secondary N) is 2. The lowest BCUT2D eigenvalue weighted by molar-refractivity contribution is -0.117. The summed E-state index contributed by atoms with van der Waals surface area (Å²) in [5.41, 5.74) is 0.646. The van der Waals surface area contributed by atoms with E-state index < -0.39 is 0 Å². The zero-order valence-electron chi connectivity index (χ0n) is 12.2. The Balaban J connectivity index is 1.93. The number of urea groups is 1. The van der Waals surface area contributed by atoms with Crippen molar-refractivity contribution in [3.05, 3.63) is 30.1 Å². The molecule has 0 spiro atoms. The second kappa shape index (κ2) is 6.56. The van der Waals surface area contributed by atoms with Crippen molar-refractivity contribution in [2.24, 2.45) is 0 Å². The predicted molar refractivity (Wildman–Crippen MR) is 78.6 cm³/mol. The Labute approximate surface area is 123 Å². The van der Waals surface area contributed by atoms with Gasteiger partial charge in [0.05, 0.1) is 6.04 Å². The number of anilines is 1. The Morgan fingerprint density at radius 3 is 2.71 bits per heavy atom. The number of rotatable bonds is 4. The Bertz CT molecular complexity index is 518. The van der Waals surface area contributed by atoms with Gasteiger partial charge in [-0.3, -0.25) is 4.79 Å². The van der Waals surface area contributed by atoms with Crippen LogP contribution in [0.15, 0.2) is 24.3 Å². The fourth-order valence-corrected chi connectivity index (χ4v) is 2.23. The largest absolute Gasteiger partial charge is 0.336 e. The summed E-state index contributed by atoms with van der Waals surface area (Å²) in [6, 6.07) is 5.37. The summed E-state index contributed by atoms with van der Waals surface area (Å²) in [6.07, 6.45) is 1.10. The van der Waals surface area contributed by atoms with Crippen molar-refractivity contribution in [1.82, 2.24) is 10.6 Å². The Kier molecular flexibility index (Phi) is 4.77. The van der Waals surface area contributed by atoms with E-state index in [-0.39, 0.29) is 36.3 Å². The number of carbonyl (C=O) groups excluding carboxylic acids is 2. The molecule has 0 radical (unpaired) electrons. The summed E-state index contributed by atoms with van der Waals surface area (Å²) < 4.78 is 12.9. The van der Waals surface area contributed by atoms with Crippen molar-refractivity contribution in [2.75, 3.05) is 11.4 Å². The topological polar surface area (TPSA) is 61.4 Å². The van der Waals surface area contributed by atoms with E-state index in [4.69, 9.17) is 0 Å². The van der Waals surface area contributed by atoms with Crippen LogP contribution in [0.2, 0.25) is 0 Å². The minimum atomic E-state index is -0.340. The van der Waals surface area contributed by atoms with E-state index >= 15 is 0 Å². The lowest BCUT2D eigenvalue weighted by Crippen LogP contribution is -2.46. The van der Waals surface area contributed by atoms with E-state index in [1.165, 1.54) is 12.1 Å². The number of amides is 3. The predicted octanol–water partition coefficient (Wildman–Crippen LogP) is 2.03. The molecule has 21 heavy (non-hydrogen) atoms. The van der Waals surface area contributed by atoms with Crippen LogP contribution in [-0.4, -0.2) is 30.6 Å². The Morgan fingerprint density at radius 1 is 1.43 bits per heavy atom. The molecule has 5 nitrogen and oxygen atoms in total. The smallest absolute Gasteiger partial charge is 0.315 e. The molecule has 0 aromatic heterocycles. The van der Waals surface area contributed by atoms with Gasteiger partial charge in [-0.05, 0) is 37.6 Å². The maximum absolute atomic E-state index is 12.9. The fraction of sp³-hybridized carbons (Fsp3) is 0.467. The van der Waals surface area contributed by atoms with Gasteiger partial charge in [0.25, 0.3) is 0 Å². The molecule has 1 heterocycles. The van der Waals surface area contributed by atoms with Gasteiger partial charge in [0.15, 0.2) is 0 Å². The number of hydrogen-bond donors (Lipinski definition) is 2. The number of benzene rings is 1. The van der Waals surface area contributed by atoms with E-state index in [0.29, 0.717) is 12.2 Å². The third-order valence-corrected chi connectivity index (χ3v) is 3.59. The van der Waals surface area contributed by atoms with Crippen LogP contribution in [0.4, 0.5) is 14.9 Å². The first-order valence-electron chi connectivity index (χ1n) is 7.12. The van der Waals surface area contributed by atoms with Gasteiger partial charge in [0, 0.05) is 24.7 Å². The molecule has 2 rings (SSSR count). The quantitative estimate of drug-likeness (QED) is 0.892. The third kappa shape index (κ3) is 3.93. The summed E-state index contributed by atoms with van der Waals surface area (Å²) >= 11 is 0. The second-order valence-corrected chi connectivity index (χ2v) is 5.31. The van der Waals surface area contributed by atoms with E-state index in [1.807, 2.05) is 13.8 Å². The van der Waals surface area contributed by atoms with Crippen molar-refractivity contribution >= 4 is 17.6 Å². The maximum atomic E-state index is 12.9. The lowest BCUT2D eigenvalue weighted by atomic mass is 10.2. The summed E-state index contributed by atoms with van der Waals surface area (Å²) in [4.78, 5) is 25.3. The summed E-state index contributed by atoms with van der Waals surface area (Å²) in [6.45, 7) is 4.31. The van der Waals surface area contributed by atoms with Crippen LogP contribution in [0.25, 0.3) is 0 Å². The first kappa shape index (κ1) is 15.3. The average molecular weight is 293 g/mol. The molecule has 2 N–H and O–H groups in total. The molecular weight excluding hydrogens is 273 g/mol. The first-order valence-corrected chi connectivity index (χ1v) is 7.12. The second-order valence-electron chi connectivity index (χ2n) is 5.31. The molecule has 1 aromatic rings. The van der Waals surface area contributed by atoms with Gasteiger partial charge in [-0.1, -0.05) is 6.92 Å². The molecule has 114 valence electrons. The van der Waals surface area contributed by atoms with Crippen molar-refractivity contribution in [3.8, 4) is 0 Å². The zero-order chi connectivity index (χ0) is 15.4. The fourth-order valence-electron chi connectivity index (χ4n) is 2.23. The van der Waals surface area contributed by atoms with E-state index in [0.717, 1.165) is 6.42 Å². The van der Waals surface area contributed by atoms with Crippen LogP contribution in [0.3, 0.4) is 0 Å². The molecule has 1 aromatic carbocycles. The molecule has 6 heteroatoms. The minimum Gasteiger partial charge on any atom is -0.336 e. The van der Waals surface area contributed by atoms with E-state index in [2.05, 4.69) is 10.6 Å². The van der Waals surface area contributed by atoms with Crippen LogP contribution in [0, 0.1) is 5.82 Å². The monoisotopic (exact) mass is 293 g/mol. The van der Waals surface area contributed by atoms with Crippen LogP contribution >= 0.6 is 0 Å². The summed E-state index contributed by atoms with van der Waals surface area (Å²) in [7, 11) is 0. The molecule has 1 aliphatic rings. The van der Waals surface area contributed by atoms with Crippen molar-refractivity contribution in [1.29, 1.82) is 0 Å². The Morgan fingerprint density at radius 2 is 2.10 bits per heavy atom. The number of carbonyl (C=O) groups is 2. The number of hydrogen-bond acceptors (Lipinski definition) is 2. The highest BCUT2D eigenvalue weighted by Gasteiger charge is 2.31. The molecular formula is C15H20FN3O2. The van der Waals surface area contributed by atoms with Crippen LogP contribution < -0.4 is 15.5 Å². The molecule has 2 atom stereocenters. The van der Waals surface area contributed by atoms with Gasteiger partial charge in [0.1, 0.15) is 5.82 Å². The lowest BCUT2D eigenvalue weighted by Gasteiger charge is -2.18. The normalized spacial score (nSPS) is 19.5. The molecule has 0 aliphatic carbocycles. The average Bonchev–Trinajstić information content (AvgIpc) is 2.80. The van der Waals surface area contributed by atoms with Gasteiger partial charge in [-0.2, -0.15) is 0 Å². The van der Waals surface area contributed by atoms with Gasteiger partial charge in [-0.25, -0.2) is 9.18 Å². The minimum absolute atomic E-state index is 0.0737. The van der Waals surface area contributed by atoms with E-state index in [9.17, 15) is 14.0 Å². The summed E-state index contributed by atoms with van der Waals surface area (Å²) in [5, 5.41) is 5.60. The van der Waals surface area contributed by atoms with Gasteiger partial charge in [0.2, 0.25) is 5.91 Å². The highest BCUT2D eigenvalue weighted by molar-refractivity contribution is 5.96. The number of nitrogens with zero attached hydrogens (tertiary/aromatic N) is 1. The number of halogens is 1. The van der Waals surface area contributed by atoms with Crippen LogP contribution in [-0.2, 0) is 4.79 Å². The van der Waals surface area contributed by atoms with Crippen LogP contribution in [0.5, 0.6) is 0 Å². The molecule has 1 saturated heterocycles. The maximum Gasteiger partial charge on any atom is 0.315 e. The molecule has 2 unspecified atom stereocenters. The Hall–Kier alpha value is -2.11. The van der Waals surface area contributed by atoms with Gasteiger partial charge >= 0.3 is 6.03 Å². The summed E-state index contributed by atoms with van der Waals surface area (Å²) in [5.74, 6) is -0.413. The first-order chi connectivity index (χ1) is 9.99. The van der Waals surface area contributed by atoms with E-state index in [1.54, 1.807) is 17.0 Å².